The van der Waals surface area contributed by atoms with Crippen molar-refractivity contribution in [2.24, 2.45) is 0 Å². The summed E-state index contributed by atoms with van der Waals surface area (Å²) in [5.41, 5.74) is 5.15. The lowest BCUT2D eigenvalue weighted by atomic mass is 10.1. The maximum atomic E-state index is 5.74. The molecule has 1 aliphatic heterocycles. The molecule has 0 unspecified atom stereocenters. The Bertz CT molecular complexity index is 607. The Labute approximate surface area is 128 Å². The Morgan fingerprint density at radius 3 is 2.75 bits per heavy atom. The van der Waals surface area contributed by atoms with Gasteiger partial charge in [-0.2, -0.15) is 0 Å². The number of ether oxygens (including phenoxy) is 1. The van der Waals surface area contributed by atoms with E-state index in [2.05, 4.69) is 64.6 Å². The van der Waals surface area contributed by atoms with Crippen molar-refractivity contribution in [3.05, 3.63) is 63.1 Å². The minimum atomic E-state index is 0.802. The molecule has 1 N–H and O–H groups in total. The summed E-state index contributed by atoms with van der Waals surface area (Å²) in [5, 5.41) is 3.49. The van der Waals surface area contributed by atoms with Gasteiger partial charge in [-0.05, 0) is 30.2 Å². The van der Waals surface area contributed by atoms with E-state index in [-0.39, 0.29) is 0 Å². The van der Waals surface area contributed by atoms with Crippen molar-refractivity contribution >= 4 is 15.9 Å². The van der Waals surface area contributed by atoms with Crippen LogP contribution in [0.2, 0.25) is 0 Å². The first-order valence-corrected chi connectivity index (χ1v) is 7.72. The molecule has 1 heterocycles. The van der Waals surface area contributed by atoms with Crippen molar-refractivity contribution in [3.63, 3.8) is 0 Å². The van der Waals surface area contributed by atoms with Gasteiger partial charge in [-0.3, -0.25) is 0 Å². The second-order valence-electron chi connectivity index (χ2n) is 5.24. The standard InChI is InChI=1S/C17H18BrNO/c1-12-2-4-13(5-3-12)10-19-11-15-9-16(18)8-14-6-7-20-17(14)15/h2-5,8-9,19H,6-7,10-11H2,1H3. The quantitative estimate of drug-likeness (QED) is 0.914. The first-order valence-electron chi connectivity index (χ1n) is 6.93. The minimum Gasteiger partial charge on any atom is -0.493 e. The van der Waals surface area contributed by atoms with Gasteiger partial charge in [-0.15, -0.1) is 0 Å². The van der Waals surface area contributed by atoms with Crippen LogP contribution < -0.4 is 10.1 Å². The summed E-state index contributed by atoms with van der Waals surface area (Å²) in [7, 11) is 0. The van der Waals surface area contributed by atoms with E-state index in [9.17, 15) is 0 Å². The van der Waals surface area contributed by atoms with Crippen LogP contribution in [-0.2, 0) is 19.5 Å². The van der Waals surface area contributed by atoms with Crippen LogP contribution in [-0.4, -0.2) is 6.61 Å². The maximum absolute atomic E-state index is 5.74. The van der Waals surface area contributed by atoms with Gasteiger partial charge in [-0.25, -0.2) is 0 Å². The highest BCUT2D eigenvalue weighted by atomic mass is 79.9. The third-order valence-electron chi connectivity index (χ3n) is 3.59. The summed E-state index contributed by atoms with van der Waals surface area (Å²) >= 11 is 3.58. The fourth-order valence-electron chi connectivity index (χ4n) is 2.52. The Morgan fingerprint density at radius 2 is 1.95 bits per heavy atom. The summed E-state index contributed by atoms with van der Waals surface area (Å²) in [6, 6.07) is 12.9. The molecule has 0 atom stereocenters. The van der Waals surface area contributed by atoms with Crippen LogP contribution in [0.1, 0.15) is 22.3 Å². The number of halogens is 1. The van der Waals surface area contributed by atoms with E-state index in [4.69, 9.17) is 4.74 Å². The molecule has 1 aliphatic rings. The van der Waals surface area contributed by atoms with Gasteiger partial charge in [0.15, 0.2) is 0 Å². The number of rotatable bonds is 4. The van der Waals surface area contributed by atoms with Crippen LogP contribution in [0.3, 0.4) is 0 Å². The highest BCUT2D eigenvalue weighted by Gasteiger charge is 2.16. The normalized spacial score (nSPS) is 13.1. The van der Waals surface area contributed by atoms with Crippen LogP contribution in [0.4, 0.5) is 0 Å². The molecule has 3 rings (SSSR count). The van der Waals surface area contributed by atoms with Crippen LogP contribution >= 0.6 is 15.9 Å². The number of fused-ring (bicyclic) bond motifs is 1. The van der Waals surface area contributed by atoms with E-state index in [1.54, 1.807) is 0 Å². The molecule has 0 saturated carbocycles. The summed E-state index contributed by atoms with van der Waals surface area (Å²) in [6.45, 7) is 4.62. The second kappa shape index (κ2) is 5.98. The van der Waals surface area contributed by atoms with Crippen LogP contribution in [0, 0.1) is 6.92 Å². The molecule has 0 saturated heterocycles. The Morgan fingerprint density at radius 1 is 1.15 bits per heavy atom. The summed E-state index contributed by atoms with van der Waals surface area (Å²) in [6.07, 6.45) is 1.01. The molecule has 0 aliphatic carbocycles. The predicted molar refractivity (Wildman–Crippen MR) is 85.1 cm³/mol. The molecule has 0 fully saturated rings. The van der Waals surface area contributed by atoms with Crippen molar-refractivity contribution in [1.29, 1.82) is 0 Å². The van der Waals surface area contributed by atoms with E-state index in [0.717, 1.165) is 36.3 Å². The first kappa shape index (κ1) is 13.7. The molecule has 2 nitrogen and oxygen atoms in total. The number of aryl methyl sites for hydroxylation is 1. The van der Waals surface area contributed by atoms with Crippen molar-refractivity contribution in [1.82, 2.24) is 5.32 Å². The molecule has 20 heavy (non-hydrogen) atoms. The van der Waals surface area contributed by atoms with Crippen molar-refractivity contribution < 1.29 is 4.74 Å². The maximum Gasteiger partial charge on any atom is 0.127 e. The monoisotopic (exact) mass is 331 g/mol. The second-order valence-corrected chi connectivity index (χ2v) is 6.16. The third kappa shape index (κ3) is 3.05. The zero-order valence-electron chi connectivity index (χ0n) is 11.6. The molecule has 2 aromatic carbocycles. The molecule has 0 radical (unpaired) electrons. The zero-order chi connectivity index (χ0) is 13.9. The predicted octanol–water partition coefficient (Wildman–Crippen LogP) is 3.98. The molecule has 0 spiro atoms. The Hall–Kier alpha value is -1.32. The molecule has 0 aromatic heterocycles. The summed E-state index contributed by atoms with van der Waals surface area (Å²) < 4.78 is 6.88. The van der Waals surface area contributed by atoms with Crippen molar-refractivity contribution in [2.45, 2.75) is 26.4 Å². The molecule has 104 valence electrons. The van der Waals surface area contributed by atoms with Gasteiger partial charge < -0.3 is 10.1 Å². The highest BCUT2D eigenvalue weighted by molar-refractivity contribution is 9.10. The van der Waals surface area contributed by atoms with Gasteiger partial charge in [0.2, 0.25) is 0 Å². The summed E-state index contributed by atoms with van der Waals surface area (Å²) in [5.74, 6) is 1.07. The fourth-order valence-corrected chi connectivity index (χ4v) is 3.08. The van der Waals surface area contributed by atoms with E-state index >= 15 is 0 Å². The Balaban J connectivity index is 1.65. The highest BCUT2D eigenvalue weighted by Crippen LogP contribution is 2.32. The van der Waals surface area contributed by atoms with Gasteiger partial charge in [0, 0.05) is 29.5 Å². The third-order valence-corrected chi connectivity index (χ3v) is 4.05. The average Bonchev–Trinajstić information content (AvgIpc) is 2.89. The molecule has 3 heteroatoms. The SMILES string of the molecule is Cc1ccc(CNCc2cc(Br)cc3c2OCC3)cc1. The van der Waals surface area contributed by atoms with Gasteiger partial charge in [-0.1, -0.05) is 45.8 Å². The first-order chi connectivity index (χ1) is 9.72. The van der Waals surface area contributed by atoms with Gasteiger partial charge in [0.1, 0.15) is 5.75 Å². The van der Waals surface area contributed by atoms with Crippen molar-refractivity contribution in [2.75, 3.05) is 6.61 Å². The van der Waals surface area contributed by atoms with Crippen molar-refractivity contribution in [3.8, 4) is 5.75 Å². The smallest absolute Gasteiger partial charge is 0.127 e. The lowest BCUT2D eigenvalue weighted by Gasteiger charge is -2.10. The number of nitrogens with one attached hydrogen (secondary N) is 1. The number of hydrogen-bond acceptors (Lipinski definition) is 2. The minimum absolute atomic E-state index is 0.802. The molecular formula is C17H18BrNO. The number of hydrogen-bond donors (Lipinski definition) is 1. The molecule has 0 amide bonds. The topological polar surface area (TPSA) is 21.3 Å². The van der Waals surface area contributed by atoms with Gasteiger partial charge in [0.05, 0.1) is 6.61 Å². The largest absolute Gasteiger partial charge is 0.493 e. The van der Waals surface area contributed by atoms with Crippen LogP contribution in [0.5, 0.6) is 5.75 Å². The van der Waals surface area contributed by atoms with Crippen LogP contribution in [0.15, 0.2) is 40.9 Å². The van der Waals surface area contributed by atoms with E-state index in [1.165, 1.54) is 22.3 Å². The van der Waals surface area contributed by atoms with Crippen LogP contribution in [0.25, 0.3) is 0 Å². The van der Waals surface area contributed by atoms with Gasteiger partial charge >= 0.3 is 0 Å². The lowest BCUT2D eigenvalue weighted by Crippen LogP contribution is -2.13. The molecule has 0 bridgehead atoms. The van der Waals surface area contributed by atoms with Gasteiger partial charge in [0.25, 0.3) is 0 Å². The van der Waals surface area contributed by atoms with E-state index in [1.807, 2.05) is 0 Å². The molecule has 2 aromatic rings. The lowest BCUT2D eigenvalue weighted by molar-refractivity contribution is 0.352. The molecular weight excluding hydrogens is 314 g/mol. The zero-order valence-corrected chi connectivity index (χ0v) is 13.2. The fraction of sp³-hybridized carbons (Fsp3) is 0.294. The average molecular weight is 332 g/mol. The van der Waals surface area contributed by atoms with E-state index < -0.39 is 0 Å². The van der Waals surface area contributed by atoms with E-state index in [0.29, 0.717) is 0 Å². The summed E-state index contributed by atoms with van der Waals surface area (Å²) in [4.78, 5) is 0. The number of benzene rings is 2. The Kier molecular flexibility index (Phi) is 4.08.